The standard InChI is InChI=1S/C13H13N3O/c1-17-13-5-3-2-4-12(13)16-15-11-8-6-10(14)7-9-11/h2-9H,14H2,1H3. The first kappa shape index (κ1) is 11.1. The molecule has 0 spiro atoms. The zero-order chi connectivity index (χ0) is 12.1. The van der Waals surface area contributed by atoms with Crippen LogP contribution in [0.15, 0.2) is 58.8 Å². The largest absolute Gasteiger partial charge is 0.494 e. The fourth-order valence-electron chi connectivity index (χ4n) is 1.36. The minimum Gasteiger partial charge on any atom is -0.494 e. The fraction of sp³-hybridized carbons (Fsp3) is 0.0769. The summed E-state index contributed by atoms with van der Waals surface area (Å²) < 4.78 is 5.18. The van der Waals surface area contributed by atoms with Crippen molar-refractivity contribution in [2.24, 2.45) is 10.2 Å². The first-order valence-electron chi connectivity index (χ1n) is 5.20. The van der Waals surface area contributed by atoms with Gasteiger partial charge in [0.25, 0.3) is 0 Å². The molecule has 4 nitrogen and oxygen atoms in total. The zero-order valence-electron chi connectivity index (χ0n) is 9.50. The topological polar surface area (TPSA) is 60.0 Å². The van der Waals surface area contributed by atoms with Crippen LogP contribution in [-0.2, 0) is 0 Å². The number of rotatable bonds is 3. The summed E-state index contributed by atoms with van der Waals surface area (Å²) in [6.45, 7) is 0. The lowest BCUT2D eigenvalue weighted by atomic mass is 10.3. The van der Waals surface area contributed by atoms with Crippen LogP contribution in [0, 0.1) is 0 Å². The number of benzene rings is 2. The lowest BCUT2D eigenvalue weighted by Crippen LogP contribution is -1.82. The van der Waals surface area contributed by atoms with Crippen molar-refractivity contribution in [3.8, 4) is 5.75 Å². The van der Waals surface area contributed by atoms with Gasteiger partial charge in [-0.05, 0) is 36.4 Å². The van der Waals surface area contributed by atoms with Crippen molar-refractivity contribution >= 4 is 17.1 Å². The Hall–Kier alpha value is -2.36. The van der Waals surface area contributed by atoms with E-state index in [1.54, 1.807) is 19.2 Å². The van der Waals surface area contributed by atoms with E-state index in [2.05, 4.69) is 10.2 Å². The molecule has 0 aliphatic heterocycles. The molecule has 2 N–H and O–H groups in total. The summed E-state index contributed by atoms with van der Waals surface area (Å²) >= 11 is 0. The van der Waals surface area contributed by atoms with Crippen LogP contribution in [0.5, 0.6) is 5.75 Å². The third-order valence-corrected chi connectivity index (χ3v) is 2.25. The Balaban J connectivity index is 2.22. The van der Waals surface area contributed by atoms with Gasteiger partial charge in [-0.25, -0.2) is 0 Å². The van der Waals surface area contributed by atoms with Gasteiger partial charge in [-0.1, -0.05) is 12.1 Å². The van der Waals surface area contributed by atoms with Gasteiger partial charge in [0.1, 0.15) is 11.4 Å². The highest BCUT2D eigenvalue weighted by Crippen LogP contribution is 2.28. The number of hydrogen-bond donors (Lipinski definition) is 1. The highest BCUT2D eigenvalue weighted by atomic mass is 16.5. The van der Waals surface area contributed by atoms with E-state index in [9.17, 15) is 0 Å². The summed E-state index contributed by atoms with van der Waals surface area (Å²) in [7, 11) is 1.61. The summed E-state index contributed by atoms with van der Waals surface area (Å²) in [5.41, 5.74) is 7.75. The number of ether oxygens (including phenoxy) is 1. The highest BCUT2D eigenvalue weighted by Gasteiger charge is 1.98. The van der Waals surface area contributed by atoms with E-state index in [1.165, 1.54) is 0 Å². The molecule has 0 fully saturated rings. The van der Waals surface area contributed by atoms with Gasteiger partial charge >= 0.3 is 0 Å². The maximum atomic E-state index is 5.59. The number of nitrogens with zero attached hydrogens (tertiary/aromatic N) is 2. The van der Waals surface area contributed by atoms with Gasteiger partial charge in [0.05, 0.1) is 12.8 Å². The van der Waals surface area contributed by atoms with Crippen molar-refractivity contribution in [1.82, 2.24) is 0 Å². The second-order valence-electron chi connectivity index (χ2n) is 3.46. The van der Waals surface area contributed by atoms with Crippen LogP contribution < -0.4 is 10.5 Å². The predicted molar refractivity (Wildman–Crippen MR) is 68.0 cm³/mol. The molecule has 2 rings (SSSR count). The summed E-state index contributed by atoms with van der Waals surface area (Å²) in [5.74, 6) is 0.701. The van der Waals surface area contributed by atoms with Gasteiger partial charge in [-0.15, -0.1) is 5.11 Å². The van der Waals surface area contributed by atoms with Crippen molar-refractivity contribution in [1.29, 1.82) is 0 Å². The fourth-order valence-corrected chi connectivity index (χ4v) is 1.36. The number of hydrogen-bond acceptors (Lipinski definition) is 4. The van der Waals surface area contributed by atoms with E-state index in [0.29, 0.717) is 17.1 Å². The first-order chi connectivity index (χ1) is 8.29. The number of anilines is 1. The average Bonchev–Trinajstić information content (AvgIpc) is 2.38. The molecule has 4 heteroatoms. The monoisotopic (exact) mass is 227 g/mol. The molecule has 0 atom stereocenters. The summed E-state index contributed by atoms with van der Waals surface area (Å²) in [5, 5.41) is 8.25. The maximum absolute atomic E-state index is 5.59. The maximum Gasteiger partial charge on any atom is 0.146 e. The number of azo groups is 1. The van der Waals surface area contributed by atoms with Gasteiger partial charge in [-0.2, -0.15) is 5.11 Å². The Morgan fingerprint density at radius 1 is 0.941 bits per heavy atom. The molecule has 0 amide bonds. The third-order valence-electron chi connectivity index (χ3n) is 2.25. The van der Waals surface area contributed by atoms with Crippen LogP contribution >= 0.6 is 0 Å². The summed E-state index contributed by atoms with van der Waals surface area (Å²) in [6.07, 6.45) is 0. The Morgan fingerprint density at radius 3 is 2.35 bits per heavy atom. The first-order valence-corrected chi connectivity index (χ1v) is 5.20. The molecule has 86 valence electrons. The Kier molecular flexibility index (Phi) is 3.35. The van der Waals surface area contributed by atoms with Crippen LogP contribution in [0.4, 0.5) is 17.1 Å². The Bertz CT molecular complexity index is 520. The van der Waals surface area contributed by atoms with Gasteiger partial charge in [0, 0.05) is 5.69 Å². The molecule has 0 aliphatic carbocycles. The molecule has 0 saturated carbocycles. The van der Waals surface area contributed by atoms with Gasteiger partial charge in [0.2, 0.25) is 0 Å². The van der Waals surface area contributed by atoms with E-state index in [0.717, 1.165) is 5.69 Å². The van der Waals surface area contributed by atoms with E-state index in [4.69, 9.17) is 10.5 Å². The molecule has 17 heavy (non-hydrogen) atoms. The normalized spacial score (nSPS) is 10.6. The zero-order valence-corrected chi connectivity index (χ0v) is 9.50. The minimum absolute atomic E-state index is 0.701. The average molecular weight is 227 g/mol. The van der Waals surface area contributed by atoms with Crippen molar-refractivity contribution in [2.45, 2.75) is 0 Å². The number of nitrogens with two attached hydrogens (primary N) is 1. The number of nitrogen functional groups attached to an aromatic ring is 1. The van der Waals surface area contributed by atoms with E-state index >= 15 is 0 Å². The second-order valence-corrected chi connectivity index (χ2v) is 3.46. The van der Waals surface area contributed by atoms with E-state index < -0.39 is 0 Å². The SMILES string of the molecule is COc1ccccc1N=Nc1ccc(N)cc1. The van der Waals surface area contributed by atoms with Crippen LogP contribution in [-0.4, -0.2) is 7.11 Å². The summed E-state index contributed by atoms with van der Waals surface area (Å²) in [4.78, 5) is 0. The molecular formula is C13H13N3O. The number of methoxy groups -OCH3 is 1. The van der Waals surface area contributed by atoms with Crippen molar-refractivity contribution in [3.63, 3.8) is 0 Å². The molecule has 0 aromatic heterocycles. The Morgan fingerprint density at radius 2 is 1.65 bits per heavy atom. The van der Waals surface area contributed by atoms with Crippen molar-refractivity contribution in [3.05, 3.63) is 48.5 Å². The molecule has 2 aromatic rings. The minimum atomic E-state index is 0.701. The van der Waals surface area contributed by atoms with Crippen LogP contribution in [0.2, 0.25) is 0 Å². The van der Waals surface area contributed by atoms with Gasteiger partial charge in [-0.3, -0.25) is 0 Å². The molecule has 0 aliphatic rings. The Labute approximate surface area is 99.8 Å². The van der Waals surface area contributed by atoms with E-state index in [1.807, 2.05) is 36.4 Å². The van der Waals surface area contributed by atoms with Crippen LogP contribution in [0.3, 0.4) is 0 Å². The second kappa shape index (κ2) is 5.12. The lowest BCUT2D eigenvalue weighted by Gasteiger charge is -2.01. The lowest BCUT2D eigenvalue weighted by molar-refractivity contribution is 0.416. The molecule has 2 aromatic carbocycles. The summed E-state index contributed by atoms with van der Waals surface area (Å²) in [6, 6.07) is 14.7. The van der Waals surface area contributed by atoms with Crippen molar-refractivity contribution < 1.29 is 4.74 Å². The van der Waals surface area contributed by atoms with Crippen molar-refractivity contribution in [2.75, 3.05) is 12.8 Å². The smallest absolute Gasteiger partial charge is 0.146 e. The van der Waals surface area contributed by atoms with Gasteiger partial charge in [0.15, 0.2) is 0 Å². The predicted octanol–water partition coefficient (Wildman–Crippen LogP) is 3.69. The van der Waals surface area contributed by atoms with E-state index in [-0.39, 0.29) is 0 Å². The molecule has 0 saturated heterocycles. The molecule has 0 bridgehead atoms. The molecular weight excluding hydrogens is 214 g/mol. The quantitative estimate of drug-likeness (QED) is 0.642. The van der Waals surface area contributed by atoms with Crippen LogP contribution in [0.25, 0.3) is 0 Å². The number of para-hydroxylation sites is 1. The molecule has 0 heterocycles. The van der Waals surface area contributed by atoms with Gasteiger partial charge < -0.3 is 10.5 Å². The third kappa shape index (κ3) is 2.81. The molecule has 0 radical (unpaired) electrons. The molecule has 0 unspecified atom stereocenters. The highest BCUT2D eigenvalue weighted by molar-refractivity contribution is 5.52. The van der Waals surface area contributed by atoms with Crippen LogP contribution in [0.1, 0.15) is 0 Å².